The van der Waals surface area contributed by atoms with Gasteiger partial charge in [-0.3, -0.25) is 0 Å². The molecule has 5 fully saturated rings. The monoisotopic (exact) mass is 1310 g/mol. The summed E-state index contributed by atoms with van der Waals surface area (Å²) in [4.78, 5) is 6.71. The van der Waals surface area contributed by atoms with Crippen molar-refractivity contribution in [3.63, 3.8) is 0 Å². The Morgan fingerprint density at radius 3 is 0.957 bits per heavy atom. The Kier molecular flexibility index (Phi) is 23.7. The van der Waals surface area contributed by atoms with E-state index in [9.17, 15) is 49.7 Å². The molecular weight excluding hydrogens is 1230 g/mol. The minimum absolute atomic E-state index is 0.00507. The molecule has 0 saturated carbocycles. The predicted octanol–water partition coefficient (Wildman–Crippen LogP) is 12.7. The molecule has 5 heterocycles. The summed E-state index contributed by atoms with van der Waals surface area (Å²) in [6.45, 7) is 12.1. The number of anilines is 3. The van der Waals surface area contributed by atoms with Gasteiger partial charge in [-0.05, 0) is 166 Å². The van der Waals surface area contributed by atoms with Crippen LogP contribution in [0.5, 0.6) is 51.7 Å². The number of epoxide rings is 2. The number of alkyl halides is 9. The van der Waals surface area contributed by atoms with Gasteiger partial charge in [0, 0.05) is 94.9 Å². The van der Waals surface area contributed by atoms with Crippen LogP contribution in [0, 0.1) is 0 Å². The number of hydrogen-bond acceptors (Lipinski definition) is 17. The topological polar surface area (TPSA) is 190 Å². The van der Waals surface area contributed by atoms with Crippen LogP contribution in [0.2, 0.25) is 0 Å². The lowest BCUT2D eigenvalue weighted by Crippen LogP contribution is -2.38. The van der Waals surface area contributed by atoms with Crippen LogP contribution in [0.4, 0.5) is 56.6 Å². The number of piperidine rings is 3. The van der Waals surface area contributed by atoms with Crippen molar-refractivity contribution < 1.29 is 107 Å². The molecular formula is C66H76F9N3O14. The Morgan fingerprint density at radius 1 is 0.424 bits per heavy atom. The first-order valence-electron chi connectivity index (χ1n) is 29.9. The number of aromatic hydroxyl groups is 1. The number of aliphatic hydroxyl groups is 3. The van der Waals surface area contributed by atoms with Crippen molar-refractivity contribution in [1.82, 2.24) is 0 Å². The Hall–Kier alpha value is -7.91. The Morgan fingerprint density at radius 2 is 0.696 bits per heavy atom. The quantitative estimate of drug-likeness (QED) is 0.0417. The maximum absolute atomic E-state index is 12.2. The van der Waals surface area contributed by atoms with E-state index in [1.807, 2.05) is 74.5 Å². The molecule has 6 aromatic rings. The molecule has 502 valence electrons. The first-order chi connectivity index (χ1) is 43.6. The molecule has 3 atom stereocenters. The molecule has 5 aliphatic heterocycles. The highest BCUT2D eigenvalue weighted by molar-refractivity contribution is 5.51. The second-order valence-corrected chi connectivity index (χ2v) is 23.3. The molecule has 6 aromatic carbocycles. The third-order valence-corrected chi connectivity index (χ3v) is 15.1. The Labute approximate surface area is 527 Å². The average Bonchev–Trinajstić information content (AvgIpc) is 2.17. The van der Waals surface area contributed by atoms with Crippen molar-refractivity contribution >= 4 is 17.1 Å². The summed E-state index contributed by atoms with van der Waals surface area (Å²) >= 11 is 0. The van der Waals surface area contributed by atoms with Gasteiger partial charge in [-0.1, -0.05) is 0 Å². The molecule has 0 radical (unpaired) electrons. The SMILES string of the molecule is C[C@@](O)(CO)COc1ccc(N2CCC(Oc3ccc(OC(F)(F)F)cc3)CC2)cc1.C[C@@]1(CO)CO1.C[C@]1(COc2ccc(N3CCC(Oc4ccc(OC(F)(F)F)cc4)CC3)cc2)CO1.Oc1ccc(N2CCC(Oc3ccc(OC(F)(F)F)cc3)CC2)cc1. The summed E-state index contributed by atoms with van der Waals surface area (Å²) in [6.07, 6.45) is -9.25. The van der Waals surface area contributed by atoms with Crippen molar-refractivity contribution in [2.45, 2.75) is 113 Å². The number of hydrogen-bond donors (Lipinski definition) is 4. The van der Waals surface area contributed by atoms with Crippen molar-refractivity contribution in [2.75, 3.05) is 93.6 Å². The molecule has 4 N–H and O–H groups in total. The van der Waals surface area contributed by atoms with Crippen molar-refractivity contribution in [3.8, 4) is 51.7 Å². The first-order valence-corrected chi connectivity index (χ1v) is 29.9. The number of phenols is 1. The minimum atomic E-state index is -4.71. The molecule has 17 nitrogen and oxygen atoms in total. The number of aliphatic hydroxyl groups excluding tert-OH is 2. The molecule has 11 rings (SSSR count). The highest BCUT2D eigenvalue weighted by Crippen LogP contribution is 2.34. The second-order valence-electron chi connectivity index (χ2n) is 23.3. The molecule has 0 unspecified atom stereocenters. The van der Waals surface area contributed by atoms with Crippen molar-refractivity contribution in [2.24, 2.45) is 0 Å². The molecule has 5 saturated heterocycles. The van der Waals surface area contributed by atoms with E-state index in [0.717, 1.165) is 114 Å². The smallest absolute Gasteiger partial charge is 0.508 e. The third-order valence-electron chi connectivity index (χ3n) is 15.1. The first kappa shape index (κ1) is 70.0. The average molecular weight is 1310 g/mol. The largest absolute Gasteiger partial charge is 0.573 e. The van der Waals surface area contributed by atoms with Crippen LogP contribution in [0.15, 0.2) is 146 Å². The van der Waals surface area contributed by atoms with Crippen LogP contribution < -0.4 is 52.6 Å². The lowest BCUT2D eigenvalue weighted by atomic mass is 10.1. The van der Waals surface area contributed by atoms with Crippen LogP contribution in [-0.4, -0.2) is 154 Å². The van der Waals surface area contributed by atoms with Gasteiger partial charge < -0.3 is 82.5 Å². The van der Waals surface area contributed by atoms with Crippen molar-refractivity contribution in [3.05, 3.63) is 146 Å². The van der Waals surface area contributed by atoms with Crippen LogP contribution in [0.25, 0.3) is 0 Å². The van der Waals surface area contributed by atoms with Crippen molar-refractivity contribution in [1.29, 1.82) is 0 Å². The van der Waals surface area contributed by atoms with Gasteiger partial charge in [-0.2, -0.15) is 0 Å². The summed E-state index contributed by atoms with van der Waals surface area (Å²) in [7, 11) is 0. The zero-order valence-electron chi connectivity index (χ0n) is 50.9. The van der Waals surface area contributed by atoms with Gasteiger partial charge >= 0.3 is 19.1 Å². The fourth-order valence-electron chi connectivity index (χ4n) is 9.54. The summed E-state index contributed by atoms with van der Waals surface area (Å²) in [5, 5.41) is 36.5. The molecule has 0 amide bonds. The van der Waals surface area contributed by atoms with Crippen LogP contribution in [-0.2, 0) is 9.47 Å². The molecule has 0 aliphatic carbocycles. The number of halogens is 9. The molecule has 26 heteroatoms. The molecule has 5 aliphatic rings. The van der Waals surface area contributed by atoms with Gasteiger partial charge in [-0.15, -0.1) is 39.5 Å². The fraction of sp³-hybridized carbons (Fsp3) is 0.455. The Balaban J connectivity index is 0.000000170. The number of benzene rings is 6. The van der Waals surface area contributed by atoms with Crippen LogP contribution >= 0.6 is 0 Å². The summed E-state index contributed by atoms with van der Waals surface area (Å²) < 4.78 is 160. The highest BCUT2D eigenvalue weighted by atomic mass is 19.4. The molecule has 0 spiro atoms. The van der Waals surface area contributed by atoms with E-state index >= 15 is 0 Å². The highest BCUT2D eigenvalue weighted by Gasteiger charge is 2.41. The molecule has 92 heavy (non-hydrogen) atoms. The minimum Gasteiger partial charge on any atom is -0.508 e. The van der Waals surface area contributed by atoms with E-state index in [1.54, 1.807) is 12.1 Å². The van der Waals surface area contributed by atoms with Gasteiger partial charge in [-0.25, -0.2) is 0 Å². The third kappa shape index (κ3) is 24.3. The van der Waals surface area contributed by atoms with E-state index in [2.05, 4.69) is 28.9 Å². The maximum Gasteiger partial charge on any atom is 0.573 e. The van der Waals surface area contributed by atoms with Crippen LogP contribution in [0.1, 0.15) is 59.3 Å². The number of nitrogens with zero attached hydrogens (tertiary/aromatic N) is 3. The van der Waals surface area contributed by atoms with Gasteiger partial charge in [0.05, 0.1) is 26.4 Å². The Bertz CT molecular complexity index is 3130. The number of phenolic OH excluding ortho intramolecular Hbond substituents is 1. The maximum atomic E-state index is 12.2. The normalized spacial score (nSPS) is 20.1. The van der Waals surface area contributed by atoms with E-state index < -0.39 is 24.7 Å². The fourth-order valence-corrected chi connectivity index (χ4v) is 9.54. The zero-order chi connectivity index (χ0) is 66.2. The summed E-state index contributed by atoms with van der Waals surface area (Å²) in [5.74, 6) is 2.45. The van der Waals surface area contributed by atoms with E-state index in [4.69, 9.17) is 43.4 Å². The summed E-state index contributed by atoms with van der Waals surface area (Å²) in [6, 6.07) is 39.0. The van der Waals surface area contributed by atoms with Gasteiger partial charge in [0.15, 0.2) is 0 Å². The number of rotatable bonds is 20. The van der Waals surface area contributed by atoms with Gasteiger partial charge in [0.25, 0.3) is 0 Å². The predicted molar refractivity (Wildman–Crippen MR) is 322 cm³/mol. The summed E-state index contributed by atoms with van der Waals surface area (Å²) in [5.41, 5.74) is 1.64. The van der Waals surface area contributed by atoms with E-state index in [1.165, 1.54) is 79.7 Å². The number of ether oxygens (including phenoxy) is 10. The van der Waals surface area contributed by atoms with E-state index in [0.29, 0.717) is 29.6 Å². The van der Waals surface area contributed by atoms with Gasteiger partial charge in [0.1, 0.15) is 100 Å². The molecule has 0 bridgehead atoms. The lowest BCUT2D eigenvalue weighted by Gasteiger charge is -2.33. The van der Waals surface area contributed by atoms with Gasteiger partial charge in [0.2, 0.25) is 0 Å². The van der Waals surface area contributed by atoms with Crippen LogP contribution in [0.3, 0.4) is 0 Å². The second kappa shape index (κ2) is 31.1. The zero-order valence-corrected chi connectivity index (χ0v) is 50.9. The molecule has 0 aromatic heterocycles. The lowest BCUT2D eigenvalue weighted by molar-refractivity contribution is -0.275. The van der Waals surface area contributed by atoms with E-state index in [-0.39, 0.29) is 72.3 Å². The standard InChI is InChI=1S/C22H26F3NO5.C22H24F3NO4.C18H18F3NO3.C4H8O2/c1-21(28,14-27)15-29-17-4-2-16(3-5-17)26-12-10-19(11-13-26)30-18-6-8-20(9-7-18)31-22(23,24)25;1-21(15-28-21)14-27-17-4-2-16(3-5-17)26-12-10-19(11-13-26)29-18-6-8-20(9-7-18)30-22(23,24)25;19-18(20,21)25-17-7-5-15(6-8-17)24-16-9-11-22(12-10-16)13-1-3-14(23)4-2-13;1-4(2-5)3-6-4/h2-9,19,27-28H,10-15H2,1H3;2-9,19H,10-15H2,1H3;1-8,16,23H,9-12H2;5H,2-3H2,1H3/t2*21-;;4-/m10.1/s1.